The van der Waals surface area contributed by atoms with Crippen LogP contribution >= 0.6 is 0 Å². The third-order valence-corrected chi connectivity index (χ3v) is 12.2. The number of carbonyl (C=O) groups is 1. The molecule has 0 aromatic heterocycles. The number of aliphatic hydroxyl groups excluding tert-OH is 6. The largest absolute Gasteiger partial charge is 0.458 e. The first-order chi connectivity index (χ1) is 19.2. The van der Waals surface area contributed by atoms with Gasteiger partial charge in [0.1, 0.15) is 24.9 Å². The maximum absolute atomic E-state index is 12.4. The van der Waals surface area contributed by atoms with Gasteiger partial charge in [0.15, 0.2) is 6.29 Å². The summed E-state index contributed by atoms with van der Waals surface area (Å²) in [6, 6.07) is 0. The normalized spacial score (nSPS) is 56.9. The Balaban J connectivity index is 1.28. The highest BCUT2D eigenvalue weighted by Gasteiger charge is 2.75. The van der Waals surface area contributed by atoms with Crippen LogP contribution in [-0.4, -0.2) is 120 Å². The van der Waals surface area contributed by atoms with Crippen molar-refractivity contribution in [2.45, 2.75) is 119 Å². The molecule has 2 heterocycles. The highest BCUT2D eigenvalue weighted by atomic mass is 16.7. The molecule has 0 radical (unpaired) electrons. The lowest BCUT2D eigenvalue weighted by atomic mass is 9.40. The first-order valence-corrected chi connectivity index (χ1v) is 14.9. The van der Waals surface area contributed by atoms with Gasteiger partial charge in [-0.1, -0.05) is 6.92 Å². The Labute approximate surface area is 238 Å². The molecule has 15 atom stereocenters. The number of carbonyl (C=O) groups excluding carboxylic acids is 1. The Morgan fingerprint density at radius 2 is 1.76 bits per heavy atom. The molecular weight excluding hydrogens is 540 g/mol. The zero-order chi connectivity index (χ0) is 29.7. The van der Waals surface area contributed by atoms with Gasteiger partial charge in [-0.3, -0.25) is 0 Å². The minimum Gasteiger partial charge on any atom is -0.458 e. The van der Waals surface area contributed by atoms with Crippen LogP contribution in [-0.2, 0) is 19.0 Å². The summed E-state index contributed by atoms with van der Waals surface area (Å²) in [5.41, 5.74) is -4.46. The van der Waals surface area contributed by atoms with Crippen LogP contribution in [0.25, 0.3) is 0 Å². The number of ether oxygens (including phenoxy) is 3. The van der Waals surface area contributed by atoms with Gasteiger partial charge in [0.2, 0.25) is 0 Å². The summed E-state index contributed by atoms with van der Waals surface area (Å²) in [5, 5.41) is 89.6. The number of rotatable bonds is 4. The summed E-state index contributed by atoms with van der Waals surface area (Å²) in [6.07, 6.45) is -6.68. The minimum absolute atomic E-state index is 0.0369. The van der Waals surface area contributed by atoms with Gasteiger partial charge in [-0.15, -0.1) is 0 Å². The van der Waals surface area contributed by atoms with Gasteiger partial charge in [0, 0.05) is 30.3 Å². The fourth-order valence-corrected chi connectivity index (χ4v) is 10.1. The summed E-state index contributed by atoms with van der Waals surface area (Å²) < 4.78 is 16.7. The Morgan fingerprint density at radius 3 is 2.41 bits per heavy atom. The smallest absolute Gasteiger partial charge is 0.331 e. The topological polar surface area (TPSA) is 207 Å². The van der Waals surface area contributed by atoms with Crippen LogP contribution in [0.2, 0.25) is 0 Å². The molecule has 6 aliphatic rings. The van der Waals surface area contributed by atoms with Crippen LogP contribution in [0.1, 0.15) is 58.8 Å². The van der Waals surface area contributed by atoms with Crippen molar-refractivity contribution in [3.8, 4) is 0 Å². The fourth-order valence-electron chi connectivity index (χ4n) is 10.1. The zero-order valence-corrected chi connectivity index (χ0v) is 23.5. The van der Waals surface area contributed by atoms with Gasteiger partial charge < -0.3 is 55.1 Å². The number of hydrogen-bond acceptors (Lipinski definition) is 12. The van der Waals surface area contributed by atoms with E-state index in [2.05, 4.69) is 0 Å². The summed E-state index contributed by atoms with van der Waals surface area (Å²) in [6.45, 7) is 3.00. The number of cyclic esters (lactones) is 1. The lowest BCUT2D eigenvalue weighted by molar-refractivity contribution is -0.342. The lowest BCUT2D eigenvalue weighted by Gasteiger charge is -2.68. The first kappa shape index (κ1) is 29.9. The van der Waals surface area contributed by atoms with Crippen molar-refractivity contribution in [3.63, 3.8) is 0 Å². The molecule has 0 spiro atoms. The van der Waals surface area contributed by atoms with E-state index < -0.39 is 95.5 Å². The van der Waals surface area contributed by atoms with Crippen LogP contribution in [0.3, 0.4) is 0 Å². The third kappa shape index (κ3) is 3.99. The summed E-state index contributed by atoms with van der Waals surface area (Å²) in [7, 11) is 0. The van der Waals surface area contributed by atoms with Crippen LogP contribution in [0.5, 0.6) is 0 Å². The van der Waals surface area contributed by atoms with Crippen molar-refractivity contribution in [2.75, 3.05) is 13.2 Å². The molecule has 8 N–H and O–H groups in total. The number of esters is 1. The van der Waals surface area contributed by atoms with Crippen molar-refractivity contribution in [2.24, 2.45) is 28.6 Å². The predicted octanol–water partition coefficient (Wildman–Crippen LogP) is -1.51. The van der Waals surface area contributed by atoms with Crippen LogP contribution in [0, 0.1) is 28.6 Å². The molecule has 12 nitrogen and oxygen atoms in total. The molecule has 6 rings (SSSR count). The van der Waals surface area contributed by atoms with E-state index in [1.807, 2.05) is 6.92 Å². The molecule has 0 aromatic carbocycles. The van der Waals surface area contributed by atoms with Crippen LogP contribution in [0.15, 0.2) is 11.6 Å². The Bertz CT molecular complexity index is 1080. The van der Waals surface area contributed by atoms with Gasteiger partial charge in [-0.2, -0.15) is 0 Å². The summed E-state index contributed by atoms with van der Waals surface area (Å²) >= 11 is 0. The lowest BCUT2D eigenvalue weighted by Crippen LogP contribution is -2.76. The highest BCUT2D eigenvalue weighted by Crippen LogP contribution is 2.70. The number of hydrogen-bond donors (Lipinski definition) is 8. The average Bonchev–Trinajstić information content (AvgIpc) is 3.45. The van der Waals surface area contributed by atoms with Crippen molar-refractivity contribution in [1.82, 2.24) is 0 Å². The standard InChI is InChI=1S/C29H44O12/c1-13-22(34)23(35)24(36)25(40-13)41-15-8-19(32)28(12-30)21-17(3-5-27(28,37)9-15)29(38)6-4-16(14-7-20(33)39-11-14)26(29,2)10-18(21)31/h7,13,15-19,21-25,30-32,34-38H,3-6,8-12H2,1-2H3/t13-,15-,16-,17-,18-,19+,21-,22-,23+,24+,25+,26-,27+,28-,29-/m1/s1. The molecule has 1 saturated heterocycles. The van der Waals surface area contributed by atoms with Gasteiger partial charge in [-0.05, 0) is 56.4 Å². The molecule has 232 valence electrons. The average molecular weight is 585 g/mol. The van der Waals surface area contributed by atoms with Gasteiger partial charge >= 0.3 is 5.97 Å². The molecule has 0 bridgehead atoms. The van der Waals surface area contributed by atoms with E-state index in [9.17, 15) is 45.6 Å². The predicted molar refractivity (Wildman–Crippen MR) is 139 cm³/mol. The van der Waals surface area contributed by atoms with Crippen molar-refractivity contribution < 1.29 is 59.9 Å². The molecule has 2 aliphatic heterocycles. The van der Waals surface area contributed by atoms with E-state index >= 15 is 0 Å². The maximum Gasteiger partial charge on any atom is 0.331 e. The second-order valence-corrected chi connectivity index (χ2v) is 13.8. The van der Waals surface area contributed by atoms with E-state index in [1.165, 1.54) is 13.0 Å². The molecule has 4 saturated carbocycles. The Morgan fingerprint density at radius 1 is 1.02 bits per heavy atom. The van der Waals surface area contributed by atoms with Crippen LogP contribution in [0.4, 0.5) is 0 Å². The van der Waals surface area contributed by atoms with Crippen molar-refractivity contribution in [1.29, 1.82) is 0 Å². The van der Waals surface area contributed by atoms with Gasteiger partial charge in [0.25, 0.3) is 0 Å². The molecule has 12 heteroatoms. The second-order valence-electron chi connectivity index (χ2n) is 13.8. The molecular formula is C29H44O12. The highest BCUT2D eigenvalue weighted by molar-refractivity contribution is 5.85. The van der Waals surface area contributed by atoms with Gasteiger partial charge in [0.05, 0.1) is 47.6 Å². The number of aliphatic hydroxyl groups is 8. The zero-order valence-electron chi connectivity index (χ0n) is 23.5. The molecule has 0 unspecified atom stereocenters. The third-order valence-electron chi connectivity index (χ3n) is 12.2. The summed E-state index contributed by atoms with van der Waals surface area (Å²) in [5.74, 6) is -1.93. The van der Waals surface area contributed by atoms with Crippen molar-refractivity contribution >= 4 is 5.97 Å². The minimum atomic E-state index is -1.67. The molecule has 5 fully saturated rings. The molecule has 0 aromatic rings. The first-order valence-electron chi connectivity index (χ1n) is 14.9. The number of fused-ring (bicyclic) bond motifs is 5. The quantitative estimate of drug-likeness (QED) is 0.140. The van der Waals surface area contributed by atoms with Crippen LogP contribution < -0.4 is 0 Å². The van der Waals surface area contributed by atoms with E-state index in [0.29, 0.717) is 19.3 Å². The monoisotopic (exact) mass is 584 g/mol. The van der Waals surface area contributed by atoms with E-state index in [4.69, 9.17) is 14.2 Å². The fraction of sp³-hybridized carbons (Fsp3) is 0.897. The van der Waals surface area contributed by atoms with E-state index in [1.54, 1.807) is 0 Å². The second kappa shape index (κ2) is 9.91. The maximum atomic E-state index is 12.4. The molecule has 0 amide bonds. The molecule has 4 aliphatic carbocycles. The summed E-state index contributed by atoms with van der Waals surface area (Å²) in [4.78, 5) is 11.8. The SMILES string of the molecule is C[C@H]1O[C@@H](O[C@@H]2C[C@H](O)[C@]3(CO)[C@H]4[C@H](O)C[C@]5(C)[C@@H](C6=CC(=O)OC6)CC[C@@]5(O)[C@@H]4CC[C@]3(O)C2)[C@@H](O)[C@@H](O)[C@@H]1O. The Kier molecular flexibility index (Phi) is 7.22. The molecule has 41 heavy (non-hydrogen) atoms. The van der Waals surface area contributed by atoms with E-state index in [0.717, 1.165) is 5.57 Å². The van der Waals surface area contributed by atoms with E-state index in [-0.39, 0.29) is 38.2 Å². The Hall–Kier alpha value is -1.19. The van der Waals surface area contributed by atoms with Crippen molar-refractivity contribution in [3.05, 3.63) is 11.6 Å². The van der Waals surface area contributed by atoms with Gasteiger partial charge in [-0.25, -0.2) is 4.79 Å².